The molecule has 0 amide bonds. The van der Waals surface area contributed by atoms with Crippen LogP contribution < -0.4 is 5.32 Å². The quantitative estimate of drug-likeness (QED) is 0.824. The molecule has 1 aromatic carbocycles. The number of anilines is 1. The molecule has 1 heterocycles. The lowest BCUT2D eigenvalue weighted by molar-refractivity contribution is -0.137. The van der Waals surface area contributed by atoms with Gasteiger partial charge in [0.25, 0.3) is 0 Å². The molecule has 1 atom stereocenters. The zero-order valence-corrected chi connectivity index (χ0v) is 8.84. The molecule has 0 aliphatic heterocycles. The van der Waals surface area contributed by atoms with Crippen molar-refractivity contribution in [3.63, 3.8) is 0 Å². The normalized spacial score (nSPS) is 12.3. The van der Waals surface area contributed by atoms with E-state index in [0.29, 0.717) is 0 Å². The Bertz CT molecular complexity index is 520. The Morgan fingerprint density at radius 3 is 2.88 bits per heavy atom. The highest BCUT2D eigenvalue weighted by atomic mass is 16.4. The van der Waals surface area contributed by atoms with Gasteiger partial charge in [-0.1, -0.05) is 18.2 Å². The molecule has 0 fully saturated rings. The number of fused-ring (bicyclic) bond motifs is 1. The summed E-state index contributed by atoms with van der Waals surface area (Å²) in [7, 11) is 0. The molecule has 2 aromatic rings. The van der Waals surface area contributed by atoms with E-state index in [2.05, 4.69) is 10.3 Å². The number of carboxylic acid groups (broad SMARTS) is 1. The molecule has 16 heavy (non-hydrogen) atoms. The van der Waals surface area contributed by atoms with Crippen molar-refractivity contribution in [1.82, 2.24) is 4.98 Å². The second-order valence-electron chi connectivity index (χ2n) is 3.58. The van der Waals surface area contributed by atoms with Crippen LogP contribution >= 0.6 is 0 Å². The van der Waals surface area contributed by atoms with Crippen LogP contribution in [0, 0.1) is 0 Å². The van der Waals surface area contributed by atoms with Crippen LogP contribution in [0.15, 0.2) is 36.5 Å². The van der Waals surface area contributed by atoms with E-state index >= 15 is 0 Å². The molecule has 1 aromatic heterocycles. The molecular weight excluding hydrogens is 204 g/mol. The highest BCUT2D eigenvalue weighted by molar-refractivity contribution is 5.91. The number of aliphatic carboxylic acids is 1. The number of rotatable bonds is 3. The zero-order chi connectivity index (χ0) is 11.5. The molecule has 2 rings (SSSR count). The summed E-state index contributed by atoms with van der Waals surface area (Å²) in [5, 5.41) is 12.7. The number of carboxylic acids is 1. The molecular formula is C12H12N2O2. The van der Waals surface area contributed by atoms with E-state index in [1.165, 1.54) is 0 Å². The predicted molar refractivity (Wildman–Crippen MR) is 62.5 cm³/mol. The number of nitrogens with one attached hydrogen (secondary N) is 1. The van der Waals surface area contributed by atoms with E-state index in [1.54, 1.807) is 13.1 Å². The molecule has 2 N–H and O–H groups in total. The first-order chi connectivity index (χ1) is 7.68. The van der Waals surface area contributed by atoms with Crippen molar-refractivity contribution in [2.45, 2.75) is 13.0 Å². The molecule has 0 saturated carbocycles. The highest BCUT2D eigenvalue weighted by Gasteiger charge is 2.11. The minimum atomic E-state index is -0.882. The van der Waals surface area contributed by atoms with E-state index in [1.807, 2.05) is 30.3 Å². The molecule has 0 spiro atoms. The minimum absolute atomic E-state index is 0.632. The number of carbonyl (C=O) groups is 1. The van der Waals surface area contributed by atoms with Gasteiger partial charge in [-0.25, -0.2) is 0 Å². The Hall–Kier alpha value is -2.10. The van der Waals surface area contributed by atoms with Gasteiger partial charge in [0.1, 0.15) is 6.04 Å². The maximum Gasteiger partial charge on any atom is 0.325 e. The lowest BCUT2D eigenvalue weighted by Crippen LogP contribution is -2.25. The van der Waals surface area contributed by atoms with E-state index in [4.69, 9.17) is 5.11 Å². The highest BCUT2D eigenvalue weighted by Crippen LogP contribution is 2.21. The van der Waals surface area contributed by atoms with Crippen molar-refractivity contribution >= 4 is 22.6 Å². The summed E-state index contributed by atoms with van der Waals surface area (Å²) in [5.41, 5.74) is 1.53. The Morgan fingerprint density at radius 2 is 2.12 bits per heavy atom. The van der Waals surface area contributed by atoms with Gasteiger partial charge in [-0.15, -0.1) is 0 Å². The molecule has 0 radical (unpaired) electrons. The van der Waals surface area contributed by atoms with Gasteiger partial charge in [0.15, 0.2) is 0 Å². The second-order valence-corrected chi connectivity index (χ2v) is 3.58. The van der Waals surface area contributed by atoms with Gasteiger partial charge in [0.2, 0.25) is 0 Å². The maximum atomic E-state index is 10.8. The first-order valence-electron chi connectivity index (χ1n) is 5.01. The van der Waals surface area contributed by atoms with Crippen molar-refractivity contribution in [2.75, 3.05) is 5.32 Å². The summed E-state index contributed by atoms with van der Waals surface area (Å²) in [6, 6.07) is 8.81. The van der Waals surface area contributed by atoms with Crippen molar-refractivity contribution in [3.05, 3.63) is 36.5 Å². The zero-order valence-electron chi connectivity index (χ0n) is 8.84. The number of pyridine rings is 1. The Morgan fingerprint density at radius 1 is 1.38 bits per heavy atom. The summed E-state index contributed by atoms with van der Waals surface area (Å²) < 4.78 is 0. The second kappa shape index (κ2) is 4.18. The number of hydrogen-bond donors (Lipinski definition) is 2. The van der Waals surface area contributed by atoms with Crippen LogP contribution in [0.25, 0.3) is 10.9 Å². The molecule has 0 aliphatic rings. The van der Waals surface area contributed by atoms with Gasteiger partial charge >= 0.3 is 5.97 Å². The van der Waals surface area contributed by atoms with Gasteiger partial charge in [0, 0.05) is 11.6 Å². The number of nitrogens with zero attached hydrogens (tertiary/aromatic N) is 1. The first-order valence-corrected chi connectivity index (χ1v) is 5.01. The third-order valence-corrected chi connectivity index (χ3v) is 2.38. The van der Waals surface area contributed by atoms with Gasteiger partial charge < -0.3 is 10.4 Å². The van der Waals surface area contributed by atoms with E-state index in [0.717, 1.165) is 16.6 Å². The molecule has 0 unspecified atom stereocenters. The summed E-state index contributed by atoms with van der Waals surface area (Å²) in [4.78, 5) is 15.0. The topological polar surface area (TPSA) is 62.2 Å². The third-order valence-electron chi connectivity index (χ3n) is 2.38. The van der Waals surface area contributed by atoms with Crippen LogP contribution in [0.4, 0.5) is 5.69 Å². The fraction of sp³-hybridized carbons (Fsp3) is 0.167. The summed E-state index contributed by atoms with van der Waals surface area (Å²) in [6.07, 6.45) is 1.69. The average Bonchev–Trinajstić information content (AvgIpc) is 2.29. The first kappa shape index (κ1) is 10.4. The fourth-order valence-corrected chi connectivity index (χ4v) is 1.52. The number of para-hydroxylation sites is 1. The molecule has 0 bridgehead atoms. The Balaban J connectivity index is 2.41. The van der Waals surface area contributed by atoms with Crippen molar-refractivity contribution < 1.29 is 9.90 Å². The van der Waals surface area contributed by atoms with Crippen LogP contribution in [-0.2, 0) is 4.79 Å². The lowest BCUT2D eigenvalue weighted by atomic mass is 10.2. The van der Waals surface area contributed by atoms with Gasteiger partial charge in [-0.3, -0.25) is 9.78 Å². The Labute approximate surface area is 92.9 Å². The molecule has 0 saturated heterocycles. The third kappa shape index (κ3) is 1.95. The predicted octanol–water partition coefficient (Wildman–Crippen LogP) is 2.12. The van der Waals surface area contributed by atoms with Crippen LogP contribution in [0.1, 0.15) is 6.92 Å². The monoisotopic (exact) mass is 216 g/mol. The number of hydrogen-bond acceptors (Lipinski definition) is 3. The molecule has 0 aliphatic carbocycles. The van der Waals surface area contributed by atoms with Crippen molar-refractivity contribution in [2.24, 2.45) is 0 Å². The number of benzene rings is 1. The lowest BCUT2D eigenvalue weighted by Gasteiger charge is -2.12. The SMILES string of the molecule is C[C@H](Nc1cccc2cccnc12)C(=O)O. The molecule has 4 heteroatoms. The summed E-state index contributed by atoms with van der Waals surface area (Å²) in [5.74, 6) is -0.882. The standard InChI is InChI=1S/C12H12N2O2/c1-8(12(15)16)14-10-6-2-4-9-5-3-7-13-11(9)10/h2-8,14H,1H3,(H,15,16)/t8-/m0/s1. The van der Waals surface area contributed by atoms with Crippen molar-refractivity contribution in [1.29, 1.82) is 0 Å². The largest absolute Gasteiger partial charge is 0.480 e. The van der Waals surface area contributed by atoms with Gasteiger partial charge in [0.05, 0.1) is 11.2 Å². The average molecular weight is 216 g/mol. The van der Waals surface area contributed by atoms with Gasteiger partial charge in [-0.2, -0.15) is 0 Å². The van der Waals surface area contributed by atoms with Crippen LogP contribution in [0.5, 0.6) is 0 Å². The van der Waals surface area contributed by atoms with Crippen LogP contribution in [-0.4, -0.2) is 22.1 Å². The smallest absolute Gasteiger partial charge is 0.325 e. The van der Waals surface area contributed by atoms with Gasteiger partial charge in [-0.05, 0) is 19.1 Å². The minimum Gasteiger partial charge on any atom is -0.480 e. The van der Waals surface area contributed by atoms with Crippen molar-refractivity contribution in [3.8, 4) is 0 Å². The van der Waals surface area contributed by atoms with Crippen LogP contribution in [0.2, 0.25) is 0 Å². The number of aromatic nitrogens is 1. The van der Waals surface area contributed by atoms with E-state index in [-0.39, 0.29) is 0 Å². The fourth-order valence-electron chi connectivity index (χ4n) is 1.52. The summed E-state index contributed by atoms with van der Waals surface area (Å²) in [6.45, 7) is 1.60. The maximum absolute atomic E-state index is 10.8. The summed E-state index contributed by atoms with van der Waals surface area (Å²) >= 11 is 0. The van der Waals surface area contributed by atoms with E-state index < -0.39 is 12.0 Å². The van der Waals surface area contributed by atoms with E-state index in [9.17, 15) is 4.79 Å². The molecule has 82 valence electrons. The van der Waals surface area contributed by atoms with Crippen LogP contribution in [0.3, 0.4) is 0 Å². The molecule has 4 nitrogen and oxygen atoms in total. The Kier molecular flexibility index (Phi) is 2.72.